The summed E-state index contributed by atoms with van der Waals surface area (Å²) < 4.78 is 22.5. The Morgan fingerprint density at radius 1 is 1.25 bits per heavy atom. The van der Waals surface area contributed by atoms with E-state index in [1.807, 2.05) is 4.90 Å². The van der Waals surface area contributed by atoms with Crippen molar-refractivity contribution in [1.29, 1.82) is 0 Å². The van der Waals surface area contributed by atoms with Crippen LogP contribution in [0.15, 0.2) is 42.2 Å². The summed E-state index contributed by atoms with van der Waals surface area (Å²) in [5, 5.41) is 0.609. The highest BCUT2D eigenvalue weighted by Gasteiger charge is 2.37. The van der Waals surface area contributed by atoms with Gasteiger partial charge in [-0.3, -0.25) is 9.59 Å². The molecule has 2 aliphatic rings. The second kappa shape index (κ2) is 8.27. The van der Waals surface area contributed by atoms with Gasteiger partial charge >= 0.3 is 0 Å². The van der Waals surface area contributed by atoms with Gasteiger partial charge in [0.05, 0.1) is 33.7 Å². The van der Waals surface area contributed by atoms with E-state index >= 15 is 4.39 Å². The minimum Gasteiger partial charge on any atom is -0.489 e. The number of ether oxygens (including phenoxy) is 1. The first kappa shape index (κ1) is 22.4. The molecule has 11 heteroatoms. The van der Waals surface area contributed by atoms with Crippen molar-refractivity contribution in [3.8, 4) is 16.9 Å². The average molecular weight is 507 g/mol. The fourth-order valence-corrected chi connectivity index (χ4v) is 5.46. The molecule has 0 spiro atoms. The van der Waals surface area contributed by atoms with Gasteiger partial charge in [0.25, 0.3) is 5.56 Å². The van der Waals surface area contributed by atoms with Gasteiger partial charge in [-0.2, -0.15) is 0 Å². The summed E-state index contributed by atoms with van der Waals surface area (Å²) in [6.45, 7) is 6.86. The Labute approximate surface area is 209 Å². The summed E-state index contributed by atoms with van der Waals surface area (Å²) >= 11 is 6.88. The molecule has 1 N–H and O–H groups in total. The summed E-state index contributed by atoms with van der Waals surface area (Å²) in [7, 11) is 0. The Morgan fingerprint density at radius 2 is 2.08 bits per heavy atom. The molecule has 182 valence electrons. The van der Waals surface area contributed by atoms with Crippen molar-refractivity contribution in [3.05, 3.63) is 64.2 Å². The van der Waals surface area contributed by atoms with Gasteiger partial charge in [-0.1, -0.05) is 24.2 Å². The average Bonchev–Trinajstić information content (AvgIpc) is 3.05. The van der Waals surface area contributed by atoms with E-state index in [1.54, 1.807) is 24.0 Å². The molecule has 1 saturated heterocycles. The number of hydrogen-bond donors (Lipinski definition) is 1. The maximum Gasteiger partial charge on any atom is 0.259 e. The predicted molar refractivity (Wildman–Crippen MR) is 134 cm³/mol. The molecule has 4 heterocycles. The van der Waals surface area contributed by atoms with Crippen LogP contribution in [0.4, 0.5) is 10.2 Å². The molecule has 6 rings (SSSR count). The second-order valence-electron chi connectivity index (χ2n) is 8.78. The molecule has 1 fully saturated rings. The zero-order valence-electron chi connectivity index (χ0n) is 19.2. The fraction of sp³-hybridized carbons (Fsp3) is 0.240. The first-order valence-corrected chi connectivity index (χ1v) is 11.7. The lowest BCUT2D eigenvalue weighted by Gasteiger charge is -2.40. The lowest BCUT2D eigenvalue weighted by atomic mass is 9.94. The van der Waals surface area contributed by atoms with Gasteiger partial charge in [0, 0.05) is 30.8 Å². The Bertz CT molecular complexity index is 1660. The van der Waals surface area contributed by atoms with Crippen LogP contribution in [0.25, 0.3) is 32.9 Å². The number of carbonyl (C=O) groups excluding carboxylic acids is 1. The lowest BCUT2D eigenvalue weighted by Crippen LogP contribution is -2.56. The first-order chi connectivity index (χ1) is 17.4. The molecule has 2 aromatic heterocycles. The monoisotopic (exact) mass is 506 g/mol. The van der Waals surface area contributed by atoms with Crippen molar-refractivity contribution >= 4 is 45.1 Å². The maximum atomic E-state index is 16.3. The third kappa shape index (κ3) is 3.17. The van der Waals surface area contributed by atoms with Crippen LogP contribution in [-0.4, -0.2) is 63.0 Å². The third-order valence-corrected chi connectivity index (χ3v) is 7.19. The molecule has 0 unspecified atom stereocenters. The smallest absolute Gasteiger partial charge is 0.259 e. The quantitative estimate of drug-likeness (QED) is 0.416. The molecular weight excluding hydrogens is 487 g/mol. The highest BCUT2D eigenvalue weighted by molar-refractivity contribution is 6.37. The van der Waals surface area contributed by atoms with Crippen LogP contribution >= 0.6 is 11.6 Å². The van der Waals surface area contributed by atoms with Crippen LogP contribution in [0, 0.1) is 12.7 Å². The van der Waals surface area contributed by atoms with Crippen molar-refractivity contribution in [2.45, 2.75) is 13.0 Å². The standard InChI is InChI=1S/C25H20ClFN6O3/c1-3-15(34)32-6-7-33-13(8-32)9-36-23-19-22(29-11-30-24(19)33)21(27)18(20(23)26)16-12(2)4-5-14-17(16)25(35)31-10-28-14/h3-5,10-11,13H,1,6-9H2,2H3,(H,28,31,35)/t13-/m0/s1. The Kier molecular flexibility index (Phi) is 5.15. The van der Waals surface area contributed by atoms with E-state index in [0.717, 1.165) is 0 Å². The number of rotatable bonds is 2. The van der Waals surface area contributed by atoms with Crippen LogP contribution in [0.1, 0.15) is 5.56 Å². The summed E-state index contributed by atoms with van der Waals surface area (Å²) in [6.07, 6.45) is 3.89. The number of amides is 1. The highest BCUT2D eigenvalue weighted by Crippen LogP contribution is 2.49. The number of piperazine rings is 1. The number of nitrogens with one attached hydrogen (secondary N) is 1. The number of anilines is 1. The maximum absolute atomic E-state index is 16.3. The van der Waals surface area contributed by atoms with E-state index < -0.39 is 11.4 Å². The highest BCUT2D eigenvalue weighted by atomic mass is 35.5. The van der Waals surface area contributed by atoms with Gasteiger partial charge in [0.1, 0.15) is 24.3 Å². The molecule has 0 radical (unpaired) electrons. The van der Waals surface area contributed by atoms with Crippen molar-refractivity contribution < 1.29 is 13.9 Å². The number of halogens is 2. The van der Waals surface area contributed by atoms with Crippen molar-refractivity contribution in [1.82, 2.24) is 24.8 Å². The minimum atomic E-state index is -0.677. The van der Waals surface area contributed by atoms with E-state index in [4.69, 9.17) is 16.3 Å². The van der Waals surface area contributed by atoms with Gasteiger partial charge in [-0.15, -0.1) is 0 Å². The number of aromatic nitrogens is 4. The molecule has 1 atom stereocenters. The minimum absolute atomic E-state index is 0.0220. The number of aryl methyl sites for hydroxylation is 1. The largest absolute Gasteiger partial charge is 0.489 e. The summed E-state index contributed by atoms with van der Waals surface area (Å²) in [6, 6.07) is 3.23. The van der Waals surface area contributed by atoms with E-state index in [-0.39, 0.29) is 45.8 Å². The van der Waals surface area contributed by atoms with Gasteiger partial charge in [-0.25, -0.2) is 19.3 Å². The Morgan fingerprint density at radius 3 is 2.89 bits per heavy atom. The molecule has 1 amide bonds. The number of H-pyrrole nitrogens is 1. The Hall–Kier alpha value is -4.05. The van der Waals surface area contributed by atoms with Gasteiger partial charge in [-0.05, 0) is 24.6 Å². The van der Waals surface area contributed by atoms with E-state index in [2.05, 4.69) is 26.5 Å². The summed E-state index contributed by atoms with van der Waals surface area (Å²) in [5.74, 6) is -0.110. The zero-order valence-corrected chi connectivity index (χ0v) is 20.0. The molecule has 36 heavy (non-hydrogen) atoms. The van der Waals surface area contributed by atoms with Crippen LogP contribution in [0.5, 0.6) is 5.75 Å². The molecule has 2 aromatic carbocycles. The summed E-state index contributed by atoms with van der Waals surface area (Å²) in [5.41, 5.74) is 1.04. The zero-order chi connectivity index (χ0) is 25.1. The van der Waals surface area contributed by atoms with E-state index in [9.17, 15) is 9.59 Å². The SMILES string of the molecule is C=CC(=O)N1CCN2c3ncnc4c(F)c(-c5c(C)ccc6nc[nH]c(=O)c56)c(Cl)c(c34)OC[C@@H]2C1. The molecule has 0 aliphatic carbocycles. The van der Waals surface area contributed by atoms with Crippen molar-refractivity contribution in [2.24, 2.45) is 0 Å². The van der Waals surface area contributed by atoms with Crippen molar-refractivity contribution in [2.75, 3.05) is 31.1 Å². The van der Waals surface area contributed by atoms with Crippen LogP contribution in [-0.2, 0) is 4.79 Å². The molecule has 4 aromatic rings. The molecule has 0 bridgehead atoms. The second-order valence-corrected chi connectivity index (χ2v) is 9.16. The molecule has 2 aliphatic heterocycles. The molecular formula is C25H20ClFN6O3. The third-order valence-electron chi connectivity index (χ3n) is 6.83. The normalized spacial score (nSPS) is 17.0. The predicted octanol–water partition coefficient (Wildman–Crippen LogP) is 3.23. The topological polar surface area (TPSA) is 104 Å². The number of carbonyl (C=O) groups is 1. The molecule has 0 saturated carbocycles. The number of nitrogens with zero attached hydrogens (tertiary/aromatic N) is 5. The number of benzene rings is 2. The van der Waals surface area contributed by atoms with Crippen LogP contribution < -0.4 is 15.2 Å². The van der Waals surface area contributed by atoms with E-state index in [1.165, 1.54) is 18.7 Å². The van der Waals surface area contributed by atoms with Crippen molar-refractivity contribution in [3.63, 3.8) is 0 Å². The van der Waals surface area contributed by atoms with Crippen LogP contribution in [0.2, 0.25) is 5.02 Å². The number of aromatic amines is 1. The molecule has 9 nitrogen and oxygen atoms in total. The summed E-state index contributed by atoms with van der Waals surface area (Å²) in [4.78, 5) is 44.2. The number of fused-ring (bicyclic) bond motifs is 3. The van der Waals surface area contributed by atoms with Gasteiger partial charge in [0.15, 0.2) is 11.6 Å². The fourth-order valence-electron chi connectivity index (χ4n) is 5.14. The Balaban J connectivity index is 1.61. The van der Waals surface area contributed by atoms with Gasteiger partial charge in [0.2, 0.25) is 5.91 Å². The van der Waals surface area contributed by atoms with Crippen LogP contribution in [0.3, 0.4) is 0 Å². The number of hydrogen-bond acceptors (Lipinski definition) is 7. The van der Waals surface area contributed by atoms with E-state index in [0.29, 0.717) is 47.5 Å². The lowest BCUT2D eigenvalue weighted by molar-refractivity contribution is -0.126. The first-order valence-electron chi connectivity index (χ1n) is 11.3. The van der Waals surface area contributed by atoms with Gasteiger partial charge < -0.3 is 19.5 Å².